The van der Waals surface area contributed by atoms with Crippen LogP contribution in [0.3, 0.4) is 0 Å². The Balaban J connectivity index is 2.44. The molecule has 1 N–H and O–H groups in total. The molecule has 0 saturated heterocycles. The quantitative estimate of drug-likeness (QED) is 0.835. The third-order valence-corrected chi connectivity index (χ3v) is 2.31. The molecule has 5 nitrogen and oxygen atoms in total. The first-order valence-electron chi connectivity index (χ1n) is 5.58. The lowest BCUT2D eigenvalue weighted by molar-refractivity contribution is -0.133. The lowest BCUT2D eigenvalue weighted by Crippen LogP contribution is -2.36. The molecule has 1 rings (SSSR count). The minimum absolute atomic E-state index is 0.0882. The van der Waals surface area contributed by atoms with E-state index in [4.69, 9.17) is 15.1 Å². The van der Waals surface area contributed by atoms with Gasteiger partial charge in [-0.2, -0.15) is 5.26 Å². The Kier molecular flexibility index (Phi) is 5.15. The summed E-state index contributed by atoms with van der Waals surface area (Å²) in [5.41, 5.74) is 0.542. The first-order valence-corrected chi connectivity index (χ1v) is 5.58. The molecule has 1 unspecified atom stereocenters. The number of ether oxygens (including phenoxy) is 1. The largest absolute Gasteiger partial charge is 0.484 e. The number of nitriles is 1. The van der Waals surface area contributed by atoms with Crippen molar-refractivity contribution in [1.29, 1.82) is 5.26 Å². The molecular weight excluding hydrogens is 232 g/mol. The van der Waals surface area contributed by atoms with Gasteiger partial charge in [0, 0.05) is 13.6 Å². The zero-order valence-corrected chi connectivity index (χ0v) is 10.5. The monoisotopic (exact) mass is 248 g/mol. The molecule has 0 aromatic heterocycles. The van der Waals surface area contributed by atoms with Gasteiger partial charge in [0.2, 0.25) is 0 Å². The summed E-state index contributed by atoms with van der Waals surface area (Å²) in [7, 11) is 1.61. The maximum Gasteiger partial charge on any atom is 0.260 e. The van der Waals surface area contributed by atoms with Crippen LogP contribution >= 0.6 is 0 Å². The van der Waals surface area contributed by atoms with E-state index in [2.05, 4.69) is 0 Å². The highest BCUT2D eigenvalue weighted by molar-refractivity contribution is 5.77. The fourth-order valence-corrected chi connectivity index (χ4v) is 1.38. The van der Waals surface area contributed by atoms with Gasteiger partial charge in [0.25, 0.3) is 5.91 Å². The van der Waals surface area contributed by atoms with E-state index in [1.807, 2.05) is 6.07 Å². The van der Waals surface area contributed by atoms with Crippen molar-refractivity contribution >= 4 is 5.91 Å². The molecule has 0 aliphatic rings. The fourth-order valence-electron chi connectivity index (χ4n) is 1.38. The van der Waals surface area contributed by atoms with Crippen molar-refractivity contribution in [3.63, 3.8) is 0 Å². The van der Waals surface area contributed by atoms with Crippen molar-refractivity contribution in [2.75, 3.05) is 20.2 Å². The lowest BCUT2D eigenvalue weighted by atomic mass is 10.2. The van der Waals surface area contributed by atoms with Gasteiger partial charge in [-0.25, -0.2) is 0 Å². The highest BCUT2D eigenvalue weighted by atomic mass is 16.5. The number of hydrogen-bond donors (Lipinski definition) is 1. The molecule has 1 aromatic rings. The number of nitrogens with zero attached hydrogens (tertiary/aromatic N) is 2. The van der Waals surface area contributed by atoms with Gasteiger partial charge in [-0.15, -0.1) is 0 Å². The van der Waals surface area contributed by atoms with Gasteiger partial charge in [-0.3, -0.25) is 4.79 Å². The summed E-state index contributed by atoms with van der Waals surface area (Å²) in [6.07, 6.45) is -0.561. The van der Waals surface area contributed by atoms with E-state index >= 15 is 0 Å². The number of rotatable bonds is 5. The van der Waals surface area contributed by atoms with Gasteiger partial charge in [0.05, 0.1) is 17.7 Å². The summed E-state index contributed by atoms with van der Waals surface area (Å²) in [5.74, 6) is 0.327. The highest BCUT2D eigenvalue weighted by Gasteiger charge is 2.11. The van der Waals surface area contributed by atoms with Crippen molar-refractivity contribution < 1.29 is 14.6 Å². The second kappa shape index (κ2) is 6.62. The van der Waals surface area contributed by atoms with Gasteiger partial charge >= 0.3 is 0 Å². The van der Waals surface area contributed by atoms with Gasteiger partial charge in [-0.1, -0.05) is 0 Å². The van der Waals surface area contributed by atoms with Crippen molar-refractivity contribution in [1.82, 2.24) is 4.90 Å². The van der Waals surface area contributed by atoms with Crippen LogP contribution in [0, 0.1) is 11.3 Å². The van der Waals surface area contributed by atoms with Crippen LogP contribution in [0.2, 0.25) is 0 Å². The zero-order chi connectivity index (χ0) is 13.5. The second-order valence-corrected chi connectivity index (χ2v) is 4.05. The van der Waals surface area contributed by atoms with Crippen molar-refractivity contribution in [3.8, 4) is 11.8 Å². The van der Waals surface area contributed by atoms with Crippen LogP contribution < -0.4 is 4.74 Å². The zero-order valence-electron chi connectivity index (χ0n) is 10.5. The number of likely N-dealkylation sites (N-methyl/N-ethyl adjacent to an activating group) is 1. The molecule has 0 heterocycles. The van der Waals surface area contributed by atoms with Gasteiger partial charge in [0.15, 0.2) is 6.61 Å². The summed E-state index contributed by atoms with van der Waals surface area (Å²) >= 11 is 0. The summed E-state index contributed by atoms with van der Waals surface area (Å²) in [6, 6.07) is 8.53. The molecule has 1 atom stereocenters. The molecule has 1 amide bonds. The van der Waals surface area contributed by atoms with E-state index in [1.165, 1.54) is 4.90 Å². The SMILES string of the molecule is CC(O)CN(C)C(=O)COc1ccc(C#N)cc1. The van der Waals surface area contributed by atoms with Crippen LogP contribution in [0.1, 0.15) is 12.5 Å². The van der Waals surface area contributed by atoms with Crippen molar-refractivity contribution in [3.05, 3.63) is 29.8 Å². The Morgan fingerprint density at radius 1 is 1.50 bits per heavy atom. The number of benzene rings is 1. The second-order valence-electron chi connectivity index (χ2n) is 4.05. The summed E-state index contributed by atoms with van der Waals surface area (Å²) in [6.45, 7) is 1.80. The van der Waals surface area contributed by atoms with Crippen LogP contribution in [0.5, 0.6) is 5.75 Å². The first-order chi connectivity index (χ1) is 8.52. The molecule has 0 spiro atoms. The predicted octanol–water partition coefficient (Wildman–Crippen LogP) is 0.776. The molecular formula is C13H16N2O3. The van der Waals surface area contributed by atoms with Crippen LogP contribution in [-0.2, 0) is 4.79 Å². The molecule has 0 bridgehead atoms. The summed E-state index contributed by atoms with van der Waals surface area (Å²) < 4.78 is 5.29. The Labute approximate surface area is 106 Å². The molecule has 1 aromatic carbocycles. The van der Waals surface area contributed by atoms with Crippen LogP contribution in [0.4, 0.5) is 0 Å². The Morgan fingerprint density at radius 3 is 2.61 bits per heavy atom. The molecule has 0 saturated carbocycles. The number of aliphatic hydroxyl groups is 1. The highest BCUT2D eigenvalue weighted by Crippen LogP contribution is 2.11. The summed E-state index contributed by atoms with van der Waals surface area (Å²) in [4.78, 5) is 13.0. The van der Waals surface area contributed by atoms with Crippen LogP contribution in [0.25, 0.3) is 0 Å². The maximum absolute atomic E-state index is 11.6. The molecule has 18 heavy (non-hydrogen) atoms. The van der Waals surface area contributed by atoms with Gasteiger partial charge in [0.1, 0.15) is 5.75 Å². The summed E-state index contributed by atoms with van der Waals surface area (Å²) in [5, 5.41) is 17.8. The van der Waals surface area contributed by atoms with Crippen molar-refractivity contribution in [2.45, 2.75) is 13.0 Å². The maximum atomic E-state index is 11.6. The van der Waals surface area contributed by atoms with Crippen LogP contribution in [0.15, 0.2) is 24.3 Å². The number of aliphatic hydroxyl groups excluding tert-OH is 1. The number of amides is 1. The van der Waals surface area contributed by atoms with Crippen LogP contribution in [-0.4, -0.2) is 42.2 Å². The molecule has 96 valence electrons. The molecule has 5 heteroatoms. The van der Waals surface area contributed by atoms with E-state index in [0.717, 1.165) is 0 Å². The molecule has 0 fully saturated rings. The third-order valence-electron chi connectivity index (χ3n) is 2.31. The molecule has 0 radical (unpaired) electrons. The smallest absolute Gasteiger partial charge is 0.260 e. The molecule has 0 aliphatic heterocycles. The number of carbonyl (C=O) groups is 1. The van der Waals surface area contributed by atoms with E-state index in [9.17, 15) is 4.79 Å². The minimum atomic E-state index is -0.561. The average molecular weight is 248 g/mol. The van der Waals surface area contributed by atoms with E-state index in [-0.39, 0.29) is 19.1 Å². The normalized spacial score (nSPS) is 11.4. The van der Waals surface area contributed by atoms with Gasteiger partial charge in [-0.05, 0) is 31.2 Å². The number of hydrogen-bond acceptors (Lipinski definition) is 4. The Bertz CT molecular complexity index is 435. The third kappa shape index (κ3) is 4.44. The Morgan fingerprint density at radius 2 is 2.11 bits per heavy atom. The Hall–Kier alpha value is -2.06. The average Bonchev–Trinajstić information content (AvgIpc) is 2.35. The first kappa shape index (κ1) is 14.0. The van der Waals surface area contributed by atoms with E-state index in [1.54, 1.807) is 38.2 Å². The minimum Gasteiger partial charge on any atom is -0.484 e. The van der Waals surface area contributed by atoms with E-state index < -0.39 is 6.10 Å². The fraction of sp³-hybridized carbons (Fsp3) is 0.385. The van der Waals surface area contributed by atoms with Gasteiger partial charge < -0.3 is 14.7 Å². The van der Waals surface area contributed by atoms with Crippen molar-refractivity contribution in [2.24, 2.45) is 0 Å². The standard InChI is InChI=1S/C13H16N2O3/c1-10(16)8-15(2)13(17)9-18-12-5-3-11(7-14)4-6-12/h3-6,10,16H,8-9H2,1-2H3. The van der Waals surface area contributed by atoms with E-state index in [0.29, 0.717) is 11.3 Å². The predicted molar refractivity (Wildman–Crippen MR) is 66.0 cm³/mol. The number of carbonyl (C=O) groups excluding carboxylic acids is 1. The topological polar surface area (TPSA) is 73.6 Å². The molecule has 0 aliphatic carbocycles. The lowest BCUT2D eigenvalue weighted by Gasteiger charge is -2.18.